The maximum atomic E-state index is 10.9. The minimum atomic E-state index is -1.01. The Morgan fingerprint density at radius 1 is 1.54 bits per heavy atom. The summed E-state index contributed by atoms with van der Waals surface area (Å²) in [5.41, 5.74) is 4.91. The average molecular weight is 204 g/mol. The molecule has 0 aromatic carbocycles. The number of rotatable bonds is 2. The van der Waals surface area contributed by atoms with Crippen molar-refractivity contribution in [1.82, 2.24) is 4.90 Å². The van der Waals surface area contributed by atoms with Gasteiger partial charge in [-0.05, 0) is 27.7 Å². The minimum absolute atomic E-state index is 0.192. The van der Waals surface area contributed by atoms with Crippen LogP contribution in [0, 0.1) is 0 Å². The molecule has 3 N–H and O–H groups in total. The molecule has 0 heterocycles. The van der Waals surface area contributed by atoms with Gasteiger partial charge in [0.1, 0.15) is 0 Å². The third-order valence-corrected chi connectivity index (χ3v) is 2.07. The van der Waals surface area contributed by atoms with Crippen LogP contribution in [0.3, 0.4) is 0 Å². The van der Waals surface area contributed by atoms with E-state index < -0.39 is 17.7 Å². The summed E-state index contributed by atoms with van der Waals surface area (Å²) in [5, 5.41) is 8.94. The zero-order chi connectivity index (χ0) is 10.8. The van der Waals surface area contributed by atoms with Crippen molar-refractivity contribution in [2.45, 2.75) is 39.3 Å². The van der Waals surface area contributed by atoms with Crippen LogP contribution >= 0.6 is 12.2 Å². The normalized spacial score (nSPS) is 13.5. The fraction of sp³-hybridized carbons (Fsp3) is 0.750. The molecule has 0 aromatic rings. The van der Waals surface area contributed by atoms with Gasteiger partial charge in [0.25, 0.3) is 0 Å². The number of amides is 1. The lowest BCUT2D eigenvalue weighted by molar-refractivity contribution is 0.0923. The highest BCUT2D eigenvalue weighted by Gasteiger charge is 2.31. The van der Waals surface area contributed by atoms with E-state index >= 15 is 0 Å². The molecule has 5 heteroatoms. The highest BCUT2D eigenvalue weighted by Crippen LogP contribution is 2.17. The summed E-state index contributed by atoms with van der Waals surface area (Å²) in [6.45, 7) is 7.09. The molecule has 1 atom stereocenters. The Balaban J connectivity index is 4.83. The molecule has 1 amide bonds. The molecule has 0 radical (unpaired) electrons. The molecular weight excluding hydrogens is 188 g/mol. The number of hydrogen-bond acceptors (Lipinski definition) is 2. The summed E-state index contributed by atoms with van der Waals surface area (Å²) in [6, 6.07) is -0.438. The van der Waals surface area contributed by atoms with Gasteiger partial charge in [0, 0.05) is 5.54 Å². The fourth-order valence-electron chi connectivity index (χ4n) is 1.16. The van der Waals surface area contributed by atoms with Crippen LogP contribution in [0.25, 0.3) is 0 Å². The number of carboxylic acid groups (broad SMARTS) is 1. The van der Waals surface area contributed by atoms with Crippen molar-refractivity contribution in [3.63, 3.8) is 0 Å². The van der Waals surface area contributed by atoms with Crippen molar-refractivity contribution in [3.8, 4) is 0 Å². The molecule has 0 rings (SSSR count). The molecule has 76 valence electrons. The first-order valence-corrected chi connectivity index (χ1v) is 4.40. The Labute approximate surface area is 83.7 Å². The van der Waals surface area contributed by atoms with Crippen LogP contribution in [0.2, 0.25) is 0 Å². The zero-order valence-electron chi connectivity index (χ0n) is 8.37. The Bertz CT molecular complexity index is 223. The second-order valence-corrected chi connectivity index (χ2v) is 4.37. The van der Waals surface area contributed by atoms with Gasteiger partial charge in [-0.25, -0.2) is 4.79 Å². The van der Waals surface area contributed by atoms with E-state index in [1.165, 1.54) is 4.90 Å². The van der Waals surface area contributed by atoms with E-state index in [2.05, 4.69) is 0 Å². The predicted molar refractivity (Wildman–Crippen MR) is 55.9 cm³/mol. The molecule has 0 aliphatic heterocycles. The summed E-state index contributed by atoms with van der Waals surface area (Å²) < 4.78 is 0. The van der Waals surface area contributed by atoms with Gasteiger partial charge >= 0.3 is 6.09 Å². The summed E-state index contributed by atoms with van der Waals surface area (Å²) in [5.74, 6) is 0. The number of nitrogens with zero attached hydrogens (tertiary/aromatic N) is 1. The van der Waals surface area contributed by atoms with Gasteiger partial charge < -0.3 is 10.8 Å². The second kappa shape index (κ2) is 3.91. The monoisotopic (exact) mass is 204 g/mol. The molecule has 0 spiro atoms. The lowest BCUT2D eigenvalue weighted by Gasteiger charge is -2.37. The molecule has 4 nitrogen and oxygen atoms in total. The summed E-state index contributed by atoms with van der Waals surface area (Å²) >= 11 is 4.76. The van der Waals surface area contributed by atoms with Gasteiger partial charge in [0.15, 0.2) is 0 Å². The lowest BCUT2D eigenvalue weighted by atomic mass is 10.0. The Kier molecular flexibility index (Phi) is 3.66. The lowest BCUT2D eigenvalue weighted by Crippen LogP contribution is -2.54. The van der Waals surface area contributed by atoms with Crippen molar-refractivity contribution in [1.29, 1.82) is 0 Å². The highest BCUT2D eigenvalue weighted by molar-refractivity contribution is 7.80. The molecule has 0 unspecified atom stereocenters. The Hall–Kier alpha value is -0.840. The van der Waals surface area contributed by atoms with Gasteiger partial charge in [0.2, 0.25) is 0 Å². The van der Waals surface area contributed by atoms with E-state index in [-0.39, 0.29) is 4.99 Å². The largest absolute Gasteiger partial charge is 0.465 e. The van der Waals surface area contributed by atoms with Crippen LogP contribution in [-0.4, -0.2) is 32.7 Å². The van der Waals surface area contributed by atoms with E-state index in [1.54, 1.807) is 27.7 Å². The molecule has 0 bridgehead atoms. The molecule has 0 fully saturated rings. The molecule has 0 aliphatic carbocycles. The van der Waals surface area contributed by atoms with E-state index in [0.29, 0.717) is 0 Å². The molecule has 0 aliphatic rings. The molecule has 0 saturated heterocycles. The summed E-state index contributed by atoms with van der Waals surface area (Å²) in [6.07, 6.45) is -1.01. The van der Waals surface area contributed by atoms with Crippen molar-refractivity contribution in [2.24, 2.45) is 5.73 Å². The quantitative estimate of drug-likeness (QED) is 0.668. The maximum Gasteiger partial charge on any atom is 0.408 e. The first-order valence-electron chi connectivity index (χ1n) is 3.99. The van der Waals surface area contributed by atoms with Gasteiger partial charge in [-0.2, -0.15) is 0 Å². The Morgan fingerprint density at radius 3 is 2.00 bits per heavy atom. The van der Waals surface area contributed by atoms with Crippen LogP contribution < -0.4 is 5.73 Å². The molecule has 0 aromatic heterocycles. The number of carbonyl (C=O) groups is 1. The maximum absolute atomic E-state index is 10.9. The smallest absolute Gasteiger partial charge is 0.408 e. The summed E-state index contributed by atoms with van der Waals surface area (Å²) in [4.78, 5) is 12.3. The topological polar surface area (TPSA) is 66.6 Å². The van der Waals surface area contributed by atoms with Gasteiger partial charge in [-0.15, -0.1) is 0 Å². The predicted octanol–water partition coefficient (Wildman–Crippen LogP) is 1.44. The third kappa shape index (κ3) is 3.18. The average Bonchev–Trinajstić information content (AvgIpc) is 1.82. The number of thiocarbonyl (C=S) groups is 1. The molecular formula is C8H16N2O2S. The van der Waals surface area contributed by atoms with Crippen LogP contribution in [-0.2, 0) is 0 Å². The summed E-state index contributed by atoms with van der Waals surface area (Å²) in [7, 11) is 0. The second-order valence-electron chi connectivity index (χ2n) is 3.90. The standard InChI is InChI=1S/C8H16N2O2S/c1-5(6(9)13)10(7(11)12)8(2,3)4/h5H,1-4H3,(H2,9,13)(H,11,12)/t5-/m1/s1. The van der Waals surface area contributed by atoms with Gasteiger partial charge in [-0.1, -0.05) is 12.2 Å². The minimum Gasteiger partial charge on any atom is -0.465 e. The van der Waals surface area contributed by atoms with Crippen molar-refractivity contribution < 1.29 is 9.90 Å². The first-order chi connectivity index (χ1) is 5.68. The van der Waals surface area contributed by atoms with Gasteiger partial charge in [0.05, 0.1) is 11.0 Å². The van der Waals surface area contributed by atoms with E-state index in [1.807, 2.05) is 0 Å². The highest BCUT2D eigenvalue weighted by atomic mass is 32.1. The van der Waals surface area contributed by atoms with Crippen LogP contribution in [0.4, 0.5) is 4.79 Å². The molecule has 13 heavy (non-hydrogen) atoms. The van der Waals surface area contributed by atoms with Crippen LogP contribution in [0.1, 0.15) is 27.7 Å². The first kappa shape index (κ1) is 12.2. The van der Waals surface area contributed by atoms with Crippen LogP contribution in [0.5, 0.6) is 0 Å². The fourth-order valence-corrected chi connectivity index (χ4v) is 1.27. The van der Waals surface area contributed by atoms with E-state index in [9.17, 15) is 4.79 Å². The third-order valence-electron chi connectivity index (χ3n) is 1.73. The van der Waals surface area contributed by atoms with Gasteiger partial charge in [-0.3, -0.25) is 4.90 Å². The zero-order valence-corrected chi connectivity index (χ0v) is 9.18. The number of hydrogen-bond donors (Lipinski definition) is 2. The van der Waals surface area contributed by atoms with Crippen LogP contribution in [0.15, 0.2) is 0 Å². The Morgan fingerprint density at radius 2 is 1.92 bits per heavy atom. The van der Waals surface area contributed by atoms with Crippen molar-refractivity contribution >= 4 is 23.3 Å². The number of nitrogens with two attached hydrogens (primary N) is 1. The van der Waals surface area contributed by atoms with E-state index in [0.717, 1.165) is 0 Å². The van der Waals surface area contributed by atoms with Crippen molar-refractivity contribution in [2.75, 3.05) is 0 Å². The van der Waals surface area contributed by atoms with Crippen molar-refractivity contribution in [3.05, 3.63) is 0 Å². The SMILES string of the molecule is C[C@H](C(N)=S)N(C(=O)O)C(C)(C)C. The van der Waals surface area contributed by atoms with E-state index in [4.69, 9.17) is 23.1 Å². The molecule has 0 saturated carbocycles.